The van der Waals surface area contributed by atoms with E-state index in [-0.39, 0.29) is 19.1 Å². The Balaban J connectivity index is 1.59. The smallest absolute Gasteiger partial charge is 0.304 e. The predicted molar refractivity (Wildman–Crippen MR) is 115 cm³/mol. The molecule has 0 saturated heterocycles. The van der Waals surface area contributed by atoms with E-state index in [9.17, 15) is 9.90 Å². The zero-order chi connectivity index (χ0) is 20.8. The molecule has 0 fully saturated rings. The van der Waals surface area contributed by atoms with Gasteiger partial charge >= 0.3 is 5.97 Å². The number of nitrogens with zero attached hydrogens (tertiary/aromatic N) is 1. The maximum absolute atomic E-state index is 11.3. The lowest BCUT2D eigenvalue weighted by molar-refractivity contribution is -0.137. The Morgan fingerprint density at radius 2 is 1.53 bits per heavy atom. The predicted octanol–water partition coefficient (Wildman–Crippen LogP) is 4.52. The summed E-state index contributed by atoms with van der Waals surface area (Å²) in [4.78, 5) is 13.5. The van der Waals surface area contributed by atoms with Crippen LogP contribution in [0.5, 0.6) is 11.5 Å². The first-order chi connectivity index (χ1) is 14.7. The first-order valence-electron chi connectivity index (χ1n) is 10.1. The third-order valence-electron chi connectivity index (χ3n) is 5.33. The van der Waals surface area contributed by atoms with Crippen molar-refractivity contribution in [2.45, 2.75) is 18.9 Å². The highest BCUT2D eigenvalue weighted by molar-refractivity contribution is 5.66. The molecule has 3 aromatic carbocycles. The van der Waals surface area contributed by atoms with Crippen LogP contribution >= 0.6 is 0 Å². The number of benzene rings is 3. The normalized spacial score (nSPS) is 12.5. The first kappa shape index (κ1) is 20.0. The second-order valence-corrected chi connectivity index (χ2v) is 7.44. The van der Waals surface area contributed by atoms with Gasteiger partial charge in [0.1, 0.15) is 0 Å². The lowest BCUT2D eigenvalue weighted by Gasteiger charge is -2.28. The number of carboxylic acid groups (broad SMARTS) is 1. The Morgan fingerprint density at radius 1 is 0.900 bits per heavy atom. The zero-order valence-electron chi connectivity index (χ0n) is 16.7. The van der Waals surface area contributed by atoms with Crippen molar-refractivity contribution in [3.63, 3.8) is 0 Å². The number of rotatable bonds is 9. The molecule has 30 heavy (non-hydrogen) atoms. The molecule has 0 atom stereocenters. The van der Waals surface area contributed by atoms with Gasteiger partial charge in [0.25, 0.3) is 0 Å². The van der Waals surface area contributed by atoms with Gasteiger partial charge < -0.3 is 14.6 Å². The Labute approximate surface area is 176 Å². The minimum absolute atomic E-state index is 0.0981. The van der Waals surface area contributed by atoms with E-state index in [4.69, 9.17) is 9.47 Å². The van der Waals surface area contributed by atoms with E-state index >= 15 is 0 Å². The van der Waals surface area contributed by atoms with E-state index < -0.39 is 5.97 Å². The van der Waals surface area contributed by atoms with Crippen LogP contribution in [0.15, 0.2) is 78.9 Å². The number of ether oxygens (including phenoxy) is 2. The van der Waals surface area contributed by atoms with Gasteiger partial charge in [0.15, 0.2) is 11.5 Å². The van der Waals surface area contributed by atoms with Crippen LogP contribution in [0.4, 0.5) is 0 Å². The van der Waals surface area contributed by atoms with Crippen LogP contribution in [0.1, 0.15) is 29.0 Å². The molecule has 3 aromatic rings. The summed E-state index contributed by atoms with van der Waals surface area (Å²) in [6, 6.07) is 26.7. The lowest BCUT2D eigenvalue weighted by atomic mass is 9.90. The van der Waals surface area contributed by atoms with E-state index in [1.807, 2.05) is 54.6 Å². The number of aliphatic carboxylic acids is 1. The number of hydrogen-bond donors (Lipinski definition) is 1. The van der Waals surface area contributed by atoms with Gasteiger partial charge in [0, 0.05) is 25.6 Å². The topological polar surface area (TPSA) is 59.0 Å². The largest absolute Gasteiger partial charge is 0.481 e. The Morgan fingerprint density at radius 3 is 2.17 bits per heavy atom. The molecule has 0 unspecified atom stereocenters. The monoisotopic (exact) mass is 403 g/mol. The minimum Gasteiger partial charge on any atom is -0.481 e. The molecule has 0 aromatic heterocycles. The van der Waals surface area contributed by atoms with Crippen molar-refractivity contribution < 1.29 is 19.4 Å². The standard InChI is InChI=1S/C25H25NO4/c27-25(28)13-14-26(16-19-11-12-23-24(15-19)30-18-29-23)17-22(20-7-3-1-4-8-20)21-9-5-2-6-10-21/h1-12,15,22H,13-14,16-18H2,(H,27,28). The zero-order valence-corrected chi connectivity index (χ0v) is 16.7. The van der Waals surface area contributed by atoms with Crippen LogP contribution in [0.25, 0.3) is 0 Å². The van der Waals surface area contributed by atoms with Crippen molar-refractivity contribution in [3.05, 3.63) is 95.6 Å². The van der Waals surface area contributed by atoms with Gasteiger partial charge in [-0.1, -0.05) is 66.7 Å². The molecule has 1 heterocycles. The molecule has 0 amide bonds. The molecule has 0 radical (unpaired) electrons. The summed E-state index contributed by atoms with van der Waals surface area (Å²) in [5.41, 5.74) is 3.51. The fourth-order valence-corrected chi connectivity index (χ4v) is 3.82. The van der Waals surface area contributed by atoms with Gasteiger partial charge in [-0.25, -0.2) is 0 Å². The molecule has 1 N–H and O–H groups in total. The maximum atomic E-state index is 11.3. The Bertz CT molecular complexity index is 935. The van der Waals surface area contributed by atoms with E-state index in [2.05, 4.69) is 29.2 Å². The van der Waals surface area contributed by atoms with Crippen LogP contribution in [-0.2, 0) is 11.3 Å². The van der Waals surface area contributed by atoms with Gasteiger partial charge in [-0.05, 0) is 28.8 Å². The van der Waals surface area contributed by atoms with Crippen molar-refractivity contribution in [1.82, 2.24) is 4.90 Å². The molecule has 1 aliphatic rings. The molecule has 4 rings (SSSR count). The third-order valence-corrected chi connectivity index (χ3v) is 5.33. The van der Waals surface area contributed by atoms with Crippen LogP contribution < -0.4 is 9.47 Å². The average molecular weight is 403 g/mol. The van der Waals surface area contributed by atoms with Crippen molar-refractivity contribution in [2.24, 2.45) is 0 Å². The summed E-state index contributed by atoms with van der Waals surface area (Å²) in [5, 5.41) is 9.26. The first-order valence-corrected chi connectivity index (χ1v) is 10.1. The van der Waals surface area contributed by atoms with E-state index in [1.54, 1.807) is 0 Å². The molecule has 5 nitrogen and oxygen atoms in total. The summed E-state index contributed by atoms with van der Waals surface area (Å²) < 4.78 is 10.9. The minimum atomic E-state index is -0.790. The van der Waals surface area contributed by atoms with Gasteiger partial charge in [-0.2, -0.15) is 0 Å². The average Bonchev–Trinajstić information content (AvgIpc) is 3.24. The van der Waals surface area contributed by atoms with Crippen LogP contribution in [-0.4, -0.2) is 35.9 Å². The molecule has 0 bridgehead atoms. The van der Waals surface area contributed by atoms with Crippen molar-refractivity contribution >= 4 is 5.97 Å². The fourth-order valence-electron chi connectivity index (χ4n) is 3.82. The molecule has 154 valence electrons. The highest BCUT2D eigenvalue weighted by atomic mass is 16.7. The second kappa shape index (κ2) is 9.46. The number of carbonyl (C=O) groups is 1. The maximum Gasteiger partial charge on any atom is 0.304 e. The number of fused-ring (bicyclic) bond motifs is 1. The highest BCUT2D eigenvalue weighted by Crippen LogP contribution is 2.33. The van der Waals surface area contributed by atoms with Crippen molar-refractivity contribution in [3.8, 4) is 11.5 Å². The van der Waals surface area contributed by atoms with Gasteiger partial charge in [0.2, 0.25) is 6.79 Å². The molecular formula is C25H25NO4. The second-order valence-electron chi connectivity index (χ2n) is 7.44. The molecular weight excluding hydrogens is 378 g/mol. The van der Waals surface area contributed by atoms with Crippen molar-refractivity contribution in [1.29, 1.82) is 0 Å². The van der Waals surface area contributed by atoms with Gasteiger partial charge in [0.05, 0.1) is 6.42 Å². The number of hydrogen-bond acceptors (Lipinski definition) is 4. The Hall–Kier alpha value is -3.31. The third kappa shape index (κ3) is 4.99. The SMILES string of the molecule is O=C(O)CCN(Cc1ccc2c(c1)OCO2)CC(c1ccccc1)c1ccccc1. The van der Waals surface area contributed by atoms with E-state index in [0.717, 1.165) is 23.6 Å². The molecule has 0 spiro atoms. The van der Waals surface area contributed by atoms with Crippen LogP contribution in [0.3, 0.4) is 0 Å². The fraction of sp³-hybridized carbons (Fsp3) is 0.240. The molecule has 0 saturated carbocycles. The van der Waals surface area contributed by atoms with E-state index in [1.165, 1.54) is 11.1 Å². The van der Waals surface area contributed by atoms with Gasteiger partial charge in [-0.15, -0.1) is 0 Å². The molecule has 1 aliphatic heterocycles. The number of carboxylic acids is 1. The lowest BCUT2D eigenvalue weighted by Crippen LogP contribution is -2.31. The summed E-state index contributed by atoms with van der Waals surface area (Å²) in [5.74, 6) is 0.854. The summed E-state index contributed by atoms with van der Waals surface area (Å²) in [7, 11) is 0. The molecule has 5 heteroatoms. The summed E-state index contributed by atoms with van der Waals surface area (Å²) in [6.07, 6.45) is 0.0981. The van der Waals surface area contributed by atoms with Gasteiger partial charge in [-0.3, -0.25) is 9.69 Å². The van der Waals surface area contributed by atoms with Crippen LogP contribution in [0, 0.1) is 0 Å². The van der Waals surface area contributed by atoms with Crippen LogP contribution in [0.2, 0.25) is 0 Å². The van der Waals surface area contributed by atoms with E-state index in [0.29, 0.717) is 13.1 Å². The Kier molecular flexibility index (Phi) is 6.30. The summed E-state index contributed by atoms with van der Waals surface area (Å²) in [6.45, 7) is 2.07. The highest BCUT2D eigenvalue weighted by Gasteiger charge is 2.20. The summed E-state index contributed by atoms with van der Waals surface area (Å²) >= 11 is 0. The molecule has 0 aliphatic carbocycles. The van der Waals surface area contributed by atoms with Crippen molar-refractivity contribution in [2.75, 3.05) is 19.9 Å². The quantitative estimate of drug-likeness (QED) is 0.569.